The standard InChI is InChI=1S/C19H26N2O5S/c1-13(5-6-26-12-14-7-16(22)10-20-9-14)21-11-18(24)15-3-4-17(23)19(8-15)27(2)25/h3-4,7-10,13,18,21-24H,5-6,11-12H2,1-2H3. The maximum Gasteiger partial charge on any atom is 0.134 e. The predicted molar refractivity (Wildman–Crippen MR) is 103 cm³/mol. The molecule has 1 heterocycles. The zero-order valence-electron chi connectivity index (χ0n) is 15.5. The van der Waals surface area contributed by atoms with Crippen LogP contribution in [-0.2, 0) is 22.1 Å². The number of aromatic hydroxyl groups is 2. The van der Waals surface area contributed by atoms with Crippen molar-refractivity contribution in [3.63, 3.8) is 0 Å². The van der Waals surface area contributed by atoms with E-state index in [0.29, 0.717) is 30.2 Å². The second-order valence-electron chi connectivity index (χ2n) is 6.40. The first-order valence-electron chi connectivity index (χ1n) is 8.65. The van der Waals surface area contributed by atoms with Crippen molar-refractivity contribution in [1.29, 1.82) is 0 Å². The van der Waals surface area contributed by atoms with Crippen LogP contribution < -0.4 is 5.32 Å². The second kappa shape index (κ2) is 10.4. The average molecular weight is 394 g/mol. The zero-order chi connectivity index (χ0) is 19.8. The van der Waals surface area contributed by atoms with Crippen LogP contribution in [0.4, 0.5) is 0 Å². The predicted octanol–water partition coefficient (Wildman–Crippen LogP) is 1.85. The molecule has 0 aliphatic heterocycles. The molecule has 4 N–H and O–H groups in total. The molecule has 1 aromatic carbocycles. The lowest BCUT2D eigenvalue weighted by molar-refractivity contribution is 0.109. The number of rotatable bonds is 10. The van der Waals surface area contributed by atoms with Crippen molar-refractivity contribution in [3.05, 3.63) is 47.8 Å². The van der Waals surface area contributed by atoms with E-state index in [1.165, 1.54) is 18.5 Å². The molecule has 8 heteroatoms. The molecule has 7 nitrogen and oxygen atoms in total. The van der Waals surface area contributed by atoms with E-state index in [0.717, 1.165) is 12.0 Å². The molecule has 0 aliphatic rings. The number of aromatic nitrogens is 1. The Labute approximate surface area is 161 Å². The number of benzene rings is 1. The van der Waals surface area contributed by atoms with Gasteiger partial charge in [-0.3, -0.25) is 9.19 Å². The smallest absolute Gasteiger partial charge is 0.134 e. The van der Waals surface area contributed by atoms with Crippen molar-refractivity contribution in [2.45, 2.75) is 37.0 Å². The minimum atomic E-state index is -1.32. The third-order valence-corrected chi connectivity index (χ3v) is 5.03. The van der Waals surface area contributed by atoms with E-state index in [9.17, 15) is 19.5 Å². The Morgan fingerprint density at radius 3 is 2.74 bits per heavy atom. The minimum absolute atomic E-state index is 0.0350. The molecule has 0 bridgehead atoms. The first-order valence-corrected chi connectivity index (χ1v) is 10.2. The fourth-order valence-electron chi connectivity index (χ4n) is 2.50. The third-order valence-electron chi connectivity index (χ3n) is 4.08. The number of hydrogen-bond donors (Lipinski definition) is 4. The summed E-state index contributed by atoms with van der Waals surface area (Å²) in [5, 5.41) is 32.6. The monoisotopic (exact) mass is 394 g/mol. The molecule has 2 aromatic rings. The number of aliphatic hydroxyl groups is 1. The number of nitrogens with one attached hydrogen (secondary N) is 1. The van der Waals surface area contributed by atoms with Crippen molar-refractivity contribution >= 4 is 10.8 Å². The van der Waals surface area contributed by atoms with E-state index in [1.54, 1.807) is 24.4 Å². The molecule has 3 atom stereocenters. The lowest BCUT2D eigenvalue weighted by Gasteiger charge is -2.18. The van der Waals surface area contributed by atoms with Crippen molar-refractivity contribution in [3.8, 4) is 11.5 Å². The summed E-state index contributed by atoms with van der Waals surface area (Å²) < 4.78 is 17.2. The summed E-state index contributed by atoms with van der Waals surface area (Å²) in [5.74, 6) is 0.0802. The summed E-state index contributed by atoms with van der Waals surface area (Å²) in [7, 11) is -1.32. The maximum atomic E-state index is 11.6. The van der Waals surface area contributed by atoms with Gasteiger partial charge in [-0.25, -0.2) is 0 Å². The molecule has 27 heavy (non-hydrogen) atoms. The number of nitrogens with zero attached hydrogens (tertiary/aromatic N) is 1. The van der Waals surface area contributed by atoms with Gasteiger partial charge in [-0.2, -0.15) is 0 Å². The quantitative estimate of drug-likeness (QED) is 0.455. The Morgan fingerprint density at radius 1 is 1.26 bits per heavy atom. The molecule has 0 spiro atoms. The van der Waals surface area contributed by atoms with Crippen molar-refractivity contribution < 1.29 is 24.3 Å². The van der Waals surface area contributed by atoms with Crippen molar-refractivity contribution in [2.75, 3.05) is 19.4 Å². The molecular weight excluding hydrogens is 368 g/mol. The van der Waals surface area contributed by atoms with Gasteiger partial charge >= 0.3 is 0 Å². The molecule has 0 saturated carbocycles. The largest absolute Gasteiger partial charge is 0.507 e. The van der Waals surface area contributed by atoms with Crippen LogP contribution in [0, 0.1) is 0 Å². The van der Waals surface area contributed by atoms with Crippen LogP contribution in [0.5, 0.6) is 11.5 Å². The van der Waals surface area contributed by atoms with Crippen LogP contribution >= 0.6 is 0 Å². The molecule has 0 amide bonds. The third kappa shape index (κ3) is 6.91. The van der Waals surface area contributed by atoms with Gasteiger partial charge in [0.25, 0.3) is 0 Å². The van der Waals surface area contributed by atoms with Gasteiger partial charge in [0.1, 0.15) is 11.5 Å². The highest BCUT2D eigenvalue weighted by Gasteiger charge is 2.13. The first kappa shape index (κ1) is 21.3. The maximum absolute atomic E-state index is 11.6. The Balaban J connectivity index is 1.72. The lowest BCUT2D eigenvalue weighted by Crippen LogP contribution is -2.31. The zero-order valence-corrected chi connectivity index (χ0v) is 16.3. The van der Waals surface area contributed by atoms with E-state index >= 15 is 0 Å². The topological polar surface area (TPSA) is 112 Å². The van der Waals surface area contributed by atoms with Crippen LogP contribution in [0.2, 0.25) is 0 Å². The van der Waals surface area contributed by atoms with E-state index < -0.39 is 16.9 Å². The molecular formula is C19H26N2O5S. The van der Waals surface area contributed by atoms with Gasteiger partial charge in [-0.15, -0.1) is 0 Å². The van der Waals surface area contributed by atoms with Crippen LogP contribution in [0.1, 0.15) is 30.6 Å². The molecule has 0 aliphatic carbocycles. The Hall–Kier alpha value is -2.00. The molecule has 3 unspecified atom stereocenters. The highest BCUT2D eigenvalue weighted by Crippen LogP contribution is 2.24. The Morgan fingerprint density at radius 2 is 2.04 bits per heavy atom. The number of aliphatic hydroxyl groups excluding tert-OH is 1. The normalized spacial score (nSPS) is 14.6. The van der Waals surface area contributed by atoms with E-state index in [1.807, 2.05) is 6.92 Å². The summed E-state index contributed by atoms with van der Waals surface area (Å²) in [5.41, 5.74) is 1.41. The van der Waals surface area contributed by atoms with Crippen LogP contribution in [0.25, 0.3) is 0 Å². The number of hydrogen-bond acceptors (Lipinski definition) is 7. The van der Waals surface area contributed by atoms with Crippen LogP contribution in [0.15, 0.2) is 41.6 Å². The molecule has 148 valence electrons. The highest BCUT2D eigenvalue weighted by atomic mass is 32.2. The number of phenolic OH excluding ortho intramolecular Hbond substituents is 1. The summed E-state index contributed by atoms with van der Waals surface area (Å²) in [6, 6.07) is 6.37. The molecule has 0 radical (unpaired) electrons. The molecule has 2 rings (SSSR count). The fraction of sp³-hybridized carbons (Fsp3) is 0.421. The van der Waals surface area contributed by atoms with E-state index in [-0.39, 0.29) is 17.5 Å². The lowest BCUT2D eigenvalue weighted by atomic mass is 10.1. The van der Waals surface area contributed by atoms with Gasteiger partial charge in [-0.05, 0) is 42.7 Å². The van der Waals surface area contributed by atoms with Crippen LogP contribution in [-0.4, -0.2) is 50.0 Å². The van der Waals surface area contributed by atoms with Gasteiger partial charge in [-0.1, -0.05) is 6.07 Å². The first-order chi connectivity index (χ1) is 12.9. The van der Waals surface area contributed by atoms with Crippen molar-refractivity contribution in [1.82, 2.24) is 10.3 Å². The van der Waals surface area contributed by atoms with Gasteiger partial charge in [0.2, 0.25) is 0 Å². The number of phenols is 1. The summed E-state index contributed by atoms with van der Waals surface area (Å²) in [4.78, 5) is 4.21. The Kier molecular flexibility index (Phi) is 8.18. The average Bonchev–Trinajstić information content (AvgIpc) is 2.63. The molecule has 1 aromatic heterocycles. The molecule has 0 fully saturated rings. The van der Waals surface area contributed by atoms with Crippen LogP contribution in [0.3, 0.4) is 0 Å². The summed E-state index contributed by atoms with van der Waals surface area (Å²) in [6.07, 6.45) is 4.48. The van der Waals surface area contributed by atoms with Gasteiger partial charge in [0.05, 0.1) is 34.6 Å². The SMILES string of the molecule is CC(CCOCc1cncc(O)c1)NCC(O)c1ccc(O)c(S(C)=O)c1. The van der Waals surface area contributed by atoms with Gasteiger partial charge in [0.15, 0.2) is 0 Å². The van der Waals surface area contributed by atoms with Gasteiger partial charge in [0, 0.05) is 31.6 Å². The minimum Gasteiger partial charge on any atom is -0.507 e. The fourth-order valence-corrected chi connectivity index (χ4v) is 3.17. The second-order valence-corrected chi connectivity index (χ2v) is 7.75. The summed E-state index contributed by atoms with van der Waals surface area (Å²) in [6.45, 7) is 3.23. The van der Waals surface area contributed by atoms with Gasteiger partial charge < -0.3 is 25.4 Å². The summed E-state index contributed by atoms with van der Waals surface area (Å²) >= 11 is 0. The Bertz CT molecular complexity index is 772. The van der Waals surface area contributed by atoms with Crippen molar-refractivity contribution in [2.24, 2.45) is 0 Å². The molecule has 0 saturated heterocycles. The number of ether oxygens (including phenoxy) is 1. The highest BCUT2D eigenvalue weighted by molar-refractivity contribution is 7.84. The van der Waals surface area contributed by atoms with E-state index in [2.05, 4.69) is 10.3 Å². The van der Waals surface area contributed by atoms with E-state index in [4.69, 9.17) is 4.74 Å². The number of pyridine rings is 1.